The second-order valence-corrected chi connectivity index (χ2v) is 8.87. The lowest BCUT2D eigenvalue weighted by Crippen LogP contribution is -2.14. The fourth-order valence-electron chi connectivity index (χ4n) is 5.29. The topological polar surface area (TPSA) is 29.9 Å². The molecule has 0 unspecified atom stereocenters. The van der Waals surface area contributed by atoms with E-state index in [9.17, 15) is 0 Å². The predicted molar refractivity (Wildman–Crippen MR) is 147 cm³/mol. The van der Waals surface area contributed by atoms with Crippen LogP contribution in [0.15, 0.2) is 121 Å². The first-order valence-electron chi connectivity index (χ1n) is 12.0. The number of dihydropyridines is 1. The Bertz CT molecular complexity index is 1770. The molecule has 0 radical (unpaired) electrons. The summed E-state index contributed by atoms with van der Waals surface area (Å²) < 4.78 is 2.40. The number of hydrogen-bond donors (Lipinski definition) is 1. The van der Waals surface area contributed by atoms with Crippen molar-refractivity contribution in [3.8, 4) is 16.9 Å². The highest BCUT2D eigenvalue weighted by atomic mass is 15.0. The fourth-order valence-corrected chi connectivity index (χ4v) is 5.29. The van der Waals surface area contributed by atoms with Crippen LogP contribution in [0.4, 0.5) is 0 Å². The lowest BCUT2D eigenvalue weighted by Gasteiger charge is -2.16. The molecule has 1 aliphatic rings. The molecular formula is C32H23N3. The van der Waals surface area contributed by atoms with E-state index in [0.717, 1.165) is 29.2 Å². The van der Waals surface area contributed by atoms with Crippen molar-refractivity contribution in [1.29, 1.82) is 0 Å². The Kier molecular flexibility index (Phi) is 4.52. The molecule has 0 bridgehead atoms. The Balaban J connectivity index is 1.65. The smallest absolute Gasteiger partial charge is 0.0702 e. The Morgan fingerprint density at radius 1 is 0.714 bits per heavy atom. The van der Waals surface area contributed by atoms with Crippen molar-refractivity contribution < 1.29 is 0 Å². The summed E-state index contributed by atoms with van der Waals surface area (Å²) in [4.78, 5) is 4.61. The molecular weight excluding hydrogens is 426 g/mol. The summed E-state index contributed by atoms with van der Waals surface area (Å²) >= 11 is 0. The second-order valence-electron chi connectivity index (χ2n) is 8.87. The van der Waals surface area contributed by atoms with Crippen LogP contribution in [-0.2, 0) is 0 Å². The van der Waals surface area contributed by atoms with Crippen molar-refractivity contribution in [3.63, 3.8) is 0 Å². The second kappa shape index (κ2) is 8.00. The standard InChI is InChI=1S/C32H23N3/c1-2-10-23(11-3-1)35-30-20-22(28-14-6-8-18-33-28)16-17-26(30)32-25-13-5-4-12-24(25)27(21-31(32)35)29-15-7-9-19-34-29/h1-18,20-21,34H,19H2. The first-order valence-corrected chi connectivity index (χ1v) is 12.0. The van der Waals surface area contributed by atoms with Crippen LogP contribution in [0.25, 0.3) is 55.2 Å². The molecule has 35 heavy (non-hydrogen) atoms. The third-order valence-electron chi connectivity index (χ3n) is 6.85. The number of para-hydroxylation sites is 1. The minimum atomic E-state index is 0.841. The third kappa shape index (κ3) is 3.17. The van der Waals surface area contributed by atoms with E-state index >= 15 is 0 Å². The average molecular weight is 450 g/mol. The van der Waals surface area contributed by atoms with Crippen LogP contribution in [0.2, 0.25) is 0 Å². The summed E-state index contributed by atoms with van der Waals surface area (Å²) in [6.45, 7) is 0.841. The van der Waals surface area contributed by atoms with Crippen molar-refractivity contribution in [1.82, 2.24) is 14.9 Å². The highest BCUT2D eigenvalue weighted by molar-refractivity contribution is 6.23. The molecule has 0 atom stereocenters. The van der Waals surface area contributed by atoms with Crippen LogP contribution in [0.3, 0.4) is 0 Å². The van der Waals surface area contributed by atoms with Gasteiger partial charge in [-0.05, 0) is 53.2 Å². The number of pyridine rings is 1. The van der Waals surface area contributed by atoms with Crippen LogP contribution < -0.4 is 5.32 Å². The van der Waals surface area contributed by atoms with Crippen molar-refractivity contribution in [2.24, 2.45) is 0 Å². The van der Waals surface area contributed by atoms with Crippen LogP contribution in [0, 0.1) is 0 Å². The van der Waals surface area contributed by atoms with Gasteiger partial charge in [-0.2, -0.15) is 0 Å². The summed E-state index contributed by atoms with van der Waals surface area (Å²) in [7, 11) is 0. The van der Waals surface area contributed by atoms with Gasteiger partial charge in [-0.15, -0.1) is 0 Å². The number of aromatic nitrogens is 2. The molecule has 3 heteroatoms. The van der Waals surface area contributed by atoms with E-state index in [-0.39, 0.29) is 0 Å². The van der Waals surface area contributed by atoms with E-state index < -0.39 is 0 Å². The van der Waals surface area contributed by atoms with Crippen molar-refractivity contribution in [3.05, 3.63) is 127 Å². The number of rotatable bonds is 3. The van der Waals surface area contributed by atoms with E-state index in [1.165, 1.54) is 38.1 Å². The lowest BCUT2D eigenvalue weighted by atomic mass is 9.96. The van der Waals surface area contributed by atoms with E-state index in [2.05, 4.69) is 118 Å². The van der Waals surface area contributed by atoms with Crippen molar-refractivity contribution in [2.75, 3.05) is 6.54 Å². The number of nitrogens with zero attached hydrogens (tertiary/aromatic N) is 2. The summed E-state index contributed by atoms with van der Waals surface area (Å²) in [5.74, 6) is 0. The monoisotopic (exact) mass is 449 g/mol. The molecule has 3 nitrogen and oxygen atoms in total. The highest BCUT2D eigenvalue weighted by Gasteiger charge is 2.19. The van der Waals surface area contributed by atoms with Gasteiger partial charge in [0.25, 0.3) is 0 Å². The molecule has 0 fully saturated rings. The van der Waals surface area contributed by atoms with Crippen LogP contribution in [-0.4, -0.2) is 16.1 Å². The van der Waals surface area contributed by atoms with Gasteiger partial charge in [0.2, 0.25) is 0 Å². The molecule has 3 heterocycles. The van der Waals surface area contributed by atoms with Gasteiger partial charge in [0, 0.05) is 46.0 Å². The normalized spacial score (nSPS) is 13.3. The molecule has 6 aromatic rings. The summed E-state index contributed by atoms with van der Waals surface area (Å²) in [5.41, 5.74) is 8.01. The Hall–Kier alpha value is -4.63. The summed E-state index contributed by atoms with van der Waals surface area (Å²) in [6.07, 6.45) is 8.30. The zero-order valence-electron chi connectivity index (χ0n) is 19.1. The Labute approximate surface area is 203 Å². The molecule has 2 aromatic heterocycles. The Morgan fingerprint density at radius 3 is 2.34 bits per heavy atom. The van der Waals surface area contributed by atoms with Gasteiger partial charge in [0.1, 0.15) is 0 Å². The van der Waals surface area contributed by atoms with Crippen molar-refractivity contribution >= 4 is 38.3 Å². The number of fused-ring (bicyclic) bond motifs is 5. The zero-order valence-corrected chi connectivity index (χ0v) is 19.1. The van der Waals surface area contributed by atoms with Gasteiger partial charge < -0.3 is 9.88 Å². The van der Waals surface area contributed by atoms with E-state index in [1.807, 2.05) is 18.3 Å². The third-order valence-corrected chi connectivity index (χ3v) is 6.85. The molecule has 0 saturated carbocycles. The van der Waals surface area contributed by atoms with Crippen LogP contribution in [0.1, 0.15) is 5.56 Å². The Morgan fingerprint density at radius 2 is 1.54 bits per heavy atom. The molecule has 0 aliphatic carbocycles. The highest BCUT2D eigenvalue weighted by Crippen LogP contribution is 2.41. The van der Waals surface area contributed by atoms with Gasteiger partial charge in [-0.3, -0.25) is 4.98 Å². The summed E-state index contributed by atoms with van der Waals surface area (Å²) in [5, 5.41) is 8.63. The van der Waals surface area contributed by atoms with Gasteiger partial charge in [-0.25, -0.2) is 0 Å². The number of allylic oxidation sites excluding steroid dienone is 2. The fraction of sp³-hybridized carbons (Fsp3) is 0.0312. The maximum Gasteiger partial charge on any atom is 0.0702 e. The molecule has 0 spiro atoms. The maximum absolute atomic E-state index is 4.61. The largest absolute Gasteiger partial charge is 0.381 e. The first-order chi connectivity index (χ1) is 17.4. The summed E-state index contributed by atoms with van der Waals surface area (Å²) in [6, 6.07) is 34.5. The van der Waals surface area contributed by atoms with Gasteiger partial charge in [-0.1, -0.05) is 72.8 Å². The minimum absolute atomic E-state index is 0.841. The quantitative estimate of drug-likeness (QED) is 0.303. The lowest BCUT2D eigenvalue weighted by molar-refractivity contribution is 0.998. The molecule has 166 valence electrons. The molecule has 1 aliphatic heterocycles. The number of benzene rings is 4. The minimum Gasteiger partial charge on any atom is -0.381 e. The van der Waals surface area contributed by atoms with E-state index in [4.69, 9.17) is 0 Å². The zero-order chi connectivity index (χ0) is 23.2. The maximum atomic E-state index is 4.61. The average Bonchev–Trinajstić information content (AvgIpc) is 3.27. The first kappa shape index (κ1) is 19.8. The molecule has 1 N–H and O–H groups in total. The van der Waals surface area contributed by atoms with Crippen LogP contribution >= 0.6 is 0 Å². The SMILES string of the molecule is C1=CCNC(c2cc3c(c4ccccc24)c2ccc(-c4ccccn4)cc2n3-c2ccccc2)=C1. The molecule has 0 saturated heterocycles. The number of hydrogen-bond acceptors (Lipinski definition) is 2. The van der Waals surface area contributed by atoms with Crippen molar-refractivity contribution in [2.45, 2.75) is 0 Å². The molecule has 7 rings (SSSR count). The van der Waals surface area contributed by atoms with Gasteiger partial charge >= 0.3 is 0 Å². The molecule has 4 aromatic carbocycles. The molecule has 0 amide bonds. The number of nitrogens with one attached hydrogen (secondary N) is 1. The van der Waals surface area contributed by atoms with E-state index in [1.54, 1.807) is 0 Å². The predicted octanol–water partition coefficient (Wildman–Crippen LogP) is 7.50. The van der Waals surface area contributed by atoms with E-state index in [0.29, 0.717) is 0 Å². The van der Waals surface area contributed by atoms with Crippen LogP contribution in [0.5, 0.6) is 0 Å². The van der Waals surface area contributed by atoms with Gasteiger partial charge in [0.05, 0.1) is 16.7 Å². The van der Waals surface area contributed by atoms with Gasteiger partial charge in [0.15, 0.2) is 0 Å².